The monoisotopic (exact) mass is 1330 g/mol. The molecule has 10 aromatic rings. The third-order valence-electron chi connectivity index (χ3n) is 14.7. The summed E-state index contributed by atoms with van der Waals surface area (Å²) in [5, 5.41) is 0. The fraction of sp³-hybridized carbons (Fsp3) is 0.259. The van der Waals surface area contributed by atoms with Crippen LogP contribution in [0.15, 0.2) is 274 Å². The Morgan fingerprint density at radius 1 is 0.402 bits per heavy atom. The molecule has 0 aliphatic rings. The van der Waals surface area contributed by atoms with Crippen molar-refractivity contribution in [3.05, 3.63) is 320 Å². The van der Waals surface area contributed by atoms with Gasteiger partial charge in [0.2, 0.25) is 0 Å². The Bertz CT molecular complexity index is 3740. The number of pyridine rings is 5. The molecule has 0 amide bonds. The first-order chi connectivity index (χ1) is 44.6. The minimum Gasteiger partial charge on any atom is -0.278 e. The molecular formula is C81H92IN10-. The zero-order chi connectivity index (χ0) is 65.8. The molecule has 5 heterocycles. The van der Waals surface area contributed by atoms with Crippen molar-refractivity contribution >= 4 is 36.8 Å². The van der Waals surface area contributed by atoms with Crippen LogP contribution < -0.4 is 21.2 Å². The van der Waals surface area contributed by atoms with E-state index in [2.05, 4.69) is 226 Å². The summed E-state index contributed by atoms with van der Waals surface area (Å²) in [6, 6.07) is 74.0. The fourth-order valence-electron chi connectivity index (χ4n) is 8.96. The summed E-state index contributed by atoms with van der Waals surface area (Å²) >= 11 is 0.0460. The number of hydrogen-bond donors (Lipinski definition) is 0. The molecule has 5 aromatic heterocycles. The standard InChI is InChI=1S/C21H20N2.C18H22IN2.C16H18N2.C14H14N2.C12H18N2/c1-16-9-3-5-12-19(16)21(20-13-6-4-10-17(20)2)23-15-18-11-7-8-14-22-18;1-4-11-19-17-10-7-9-16(14(2)3)18(17)21-13-15-8-5-6-12-20-15;1-13(2)16(14-8-4-3-5-9-14)18-12-15-10-6-7-11-17-15;1-12(13-7-3-2-4-8-13)16-11-14-9-5-6-10-15-14;1-10(12(2,3)4)14-9-11-7-5-6-8-13-11/h3-15,21H,1-2H3;5-10,12-14H,4,11H2,1-3H3;3-13,16H,1-2H3;2-12H,1H3;5-10H,1-4H3/q;-1;;;. The molecule has 3 unspecified atom stereocenters. The van der Waals surface area contributed by atoms with Crippen molar-refractivity contribution in [2.75, 3.05) is 4.43 Å². The van der Waals surface area contributed by atoms with E-state index < -0.39 is 0 Å². The molecule has 0 saturated carbocycles. The van der Waals surface area contributed by atoms with Gasteiger partial charge in [-0.1, -0.05) is 168 Å². The summed E-state index contributed by atoms with van der Waals surface area (Å²) in [6.45, 7) is 26.1. The maximum absolute atomic E-state index is 4.87. The fourth-order valence-corrected chi connectivity index (χ4v) is 11.4. The topological polar surface area (TPSA) is 126 Å². The predicted molar refractivity (Wildman–Crippen MR) is 385 cm³/mol. The van der Waals surface area contributed by atoms with Crippen LogP contribution in [0.3, 0.4) is 0 Å². The Morgan fingerprint density at radius 3 is 1.21 bits per heavy atom. The molecule has 10 nitrogen and oxygen atoms in total. The number of nitrogens with zero attached hydrogens (tertiary/aromatic N) is 10. The molecule has 5 aromatic carbocycles. The van der Waals surface area contributed by atoms with Crippen LogP contribution in [0, 0.1) is 28.8 Å². The van der Waals surface area contributed by atoms with Gasteiger partial charge in [0.1, 0.15) is 6.04 Å². The smallest absolute Gasteiger partial charge is 0.100 e. The molecule has 0 aliphatic heterocycles. The Kier molecular flexibility index (Phi) is 31.2. The molecule has 92 heavy (non-hydrogen) atoms. The zero-order valence-electron chi connectivity index (χ0n) is 55.8. The van der Waals surface area contributed by atoms with E-state index in [0.29, 0.717) is 17.9 Å². The molecule has 0 N–H and O–H groups in total. The first-order valence-corrected chi connectivity index (χ1v) is 34.4. The third kappa shape index (κ3) is 25.7. The molecule has 0 fully saturated rings. The number of alkyl halides is 1. The van der Waals surface area contributed by atoms with Crippen LogP contribution in [0.1, 0.15) is 167 Å². The van der Waals surface area contributed by atoms with Gasteiger partial charge in [-0.05, 0) is 121 Å². The van der Waals surface area contributed by atoms with Gasteiger partial charge in [-0.25, -0.2) is 0 Å². The normalized spacial score (nSPS) is 12.5. The van der Waals surface area contributed by atoms with E-state index in [4.69, 9.17) is 9.98 Å². The number of benzene rings is 5. The van der Waals surface area contributed by atoms with E-state index >= 15 is 0 Å². The Balaban J connectivity index is 0.000000185. The van der Waals surface area contributed by atoms with Crippen molar-refractivity contribution in [2.24, 2.45) is 36.3 Å². The summed E-state index contributed by atoms with van der Waals surface area (Å²) in [6.07, 6.45) is 19.5. The van der Waals surface area contributed by atoms with Gasteiger partial charge in [0.25, 0.3) is 0 Å². The maximum atomic E-state index is 4.87. The van der Waals surface area contributed by atoms with Gasteiger partial charge in [0, 0.05) is 49.6 Å². The average Bonchev–Trinajstić information content (AvgIpc) is 1.17. The molecule has 3 atom stereocenters. The summed E-state index contributed by atoms with van der Waals surface area (Å²) < 4.78 is 2.76. The number of aromatic nitrogens is 5. The van der Waals surface area contributed by atoms with Crippen LogP contribution in [0.5, 0.6) is 0 Å². The molecule has 0 aliphatic carbocycles. The van der Waals surface area contributed by atoms with Gasteiger partial charge in [-0.3, -0.25) is 39.9 Å². The summed E-state index contributed by atoms with van der Waals surface area (Å²) in [4.78, 5) is 44.6. The Hall–Kier alpha value is -9.07. The third-order valence-corrected chi connectivity index (χ3v) is 18.0. The van der Waals surface area contributed by atoms with Crippen LogP contribution in [-0.2, 0) is 0 Å². The predicted octanol–water partition coefficient (Wildman–Crippen LogP) is 16.6. The number of para-hydroxylation sites is 1. The average molecular weight is 1330 g/mol. The second-order valence-electron chi connectivity index (χ2n) is 23.6. The molecule has 0 spiro atoms. The molecule has 10 rings (SSSR count). The van der Waals surface area contributed by atoms with Gasteiger partial charge >= 0.3 is 138 Å². The van der Waals surface area contributed by atoms with Crippen molar-refractivity contribution in [3.63, 3.8) is 0 Å². The van der Waals surface area contributed by atoms with E-state index in [1.807, 2.05) is 146 Å². The van der Waals surface area contributed by atoms with E-state index in [9.17, 15) is 0 Å². The van der Waals surface area contributed by atoms with Crippen molar-refractivity contribution < 1.29 is 21.2 Å². The second-order valence-corrected chi connectivity index (χ2v) is 26.6. The van der Waals surface area contributed by atoms with Gasteiger partial charge < -0.3 is 0 Å². The largest absolute Gasteiger partial charge is 0.278 e. The van der Waals surface area contributed by atoms with Crippen molar-refractivity contribution in [2.45, 2.75) is 120 Å². The first-order valence-electron chi connectivity index (χ1n) is 31.8. The molecule has 0 radical (unpaired) electrons. The van der Waals surface area contributed by atoms with Crippen LogP contribution in [0.25, 0.3) is 0 Å². The van der Waals surface area contributed by atoms with Crippen LogP contribution in [-0.4, -0.2) is 66.5 Å². The number of aliphatic imine (C=N–C) groups is 5. The Labute approximate surface area is 559 Å². The van der Waals surface area contributed by atoms with Gasteiger partial charge in [0.05, 0.1) is 40.9 Å². The van der Waals surface area contributed by atoms with E-state index in [1.54, 1.807) is 31.0 Å². The summed E-state index contributed by atoms with van der Waals surface area (Å²) in [7, 11) is 0. The first kappa shape index (κ1) is 72.0. The molecule has 474 valence electrons. The van der Waals surface area contributed by atoms with E-state index in [0.717, 1.165) is 28.5 Å². The van der Waals surface area contributed by atoms with Gasteiger partial charge in [-0.2, -0.15) is 0 Å². The van der Waals surface area contributed by atoms with E-state index in [-0.39, 0.29) is 44.7 Å². The quantitative estimate of drug-likeness (QED) is 0.0453. The second kappa shape index (κ2) is 39.9. The number of aryl methyl sites for hydroxylation is 2. The molecule has 11 heteroatoms. The van der Waals surface area contributed by atoms with Crippen LogP contribution in [0.4, 0.5) is 5.69 Å². The number of hydrogen-bond acceptors (Lipinski definition) is 10. The number of rotatable bonds is 19. The van der Waals surface area contributed by atoms with Crippen LogP contribution in [0.2, 0.25) is 0 Å². The zero-order valence-corrected chi connectivity index (χ0v) is 57.9. The van der Waals surface area contributed by atoms with Crippen molar-refractivity contribution in [3.8, 4) is 0 Å². The SMILES string of the molecule is CC(C)C(N=Cc1ccccn1)c1ccccc1.CC(N=Cc1ccccn1)C(C)(C)C.CC(N=Cc1ccccn1)c1ccccc1.CCC[I-]c1cccc(C(C)C)c1N=Cc1ccccn1.Cc1ccccc1C(N=Cc1ccccn1)c1ccccc1C. The van der Waals surface area contributed by atoms with Gasteiger partial charge in [0.15, 0.2) is 0 Å². The minimum atomic E-state index is -0.0144. The molecule has 0 saturated heterocycles. The van der Waals surface area contributed by atoms with Crippen LogP contribution >= 0.6 is 0 Å². The molecule has 0 bridgehead atoms. The summed E-state index contributed by atoms with van der Waals surface area (Å²) in [5.41, 5.74) is 14.7. The van der Waals surface area contributed by atoms with Gasteiger partial charge in [-0.15, -0.1) is 0 Å². The Morgan fingerprint density at radius 2 is 0.793 bits per heavy atom. The minimum absolute atomic E-state index is 0.0144. The molecular weight excluding hydrogens is 1240 g/mol. The number of halogens is 1. The van der Waals surface area contributed by atoms with Crippen molar-refractivity contribution in [1.82, 2.24) is 24.9 Å². The van der Waals surface area contributed by atoms with Crippen molar-refractivity contribution in [1.29, 1.82) is 0 Å². The summed E-state index contributed by atoms with van der Waals surface area (Å²) in [5.74, 6) is 0.957. The van der Waals surface area contributed by atoms with E-state index in [1.165, 1.54) is 59.1 Å². The maximum Gasteiger partial charge on any atom is 0.100 e.